The number of methoxy groups -OCH3 is 2. The molecule has 12 heteroatoms. The van der Waals surface area contributed by atoms with Crippen LogP contribution in [-0.4, -0.2) is 37.5 Å². The SMILES string of the molecule is COC(=O)/C=C1/S/C(=N\N=Cc2cc(Cl)c(OC)c(C(F)(F)F)c2)NC1=O. The minimum Gasteiger partial charge on any atom is -0.495 e. The Labute approximate surface area is 160 Å². The minimum atomic E-state index is -4.67. The molecule has 1 heterocycles. The molecule has 1 aliphatic heterocycles. The summed E-state index contributed by atoms with van der Waals surface area (Å²) in [6, 6.07) is 2.03. The third kappa shape index (κ3) is 5.23. The van der Waals surface area contributed by atoms with Crippen LogP contribution in [0.2, 0.25) is 5.02 Å². The highest BCUT2D eigenvalue weighted by Crippen LogP contribution is 2.40. The second kappa shape index (κ2) is 8.44. The van der Waals surface area contributed by atoms with Crippen LogP contribution in [0.15, 0.2) is 33.3 Å². The molecule has 0 atom stereocenters. The van der Waals surface area contributed by atoms with Crippen molar-refractivity contribution in [2.75, 3.05) is 14.2 Å². The van der Waals surface area contributed by atoms with Gasteiger partial charge in [0.1, 0.15) is 5.75 Å². The van der Waals surface area contributed by atoms with Crippen molar-refractivity contribution < 1.29 is 32.2 Å². The second-order valence-corrected chi connectivity index (χ2v) is 6.26. The van der Waals surface area contributed by atoms with Gasteiger partial charge in [-0.25, -0.2) is 4.79 Å². The fourth-order valence-corrected chi connectivity index (χ4v) is 2.94. The van der Waals surface area contributed by atoms with Gasteiger partial charge < -0.3 is 9.47 Å². The van der Waals surface area contributed by atoms with Crippen LogP contribution < -0.4 is 10.1 Å². The third-order valence-electron chi connectivity index (χ3n) is 3.03. The molecule has 0 spiro atoms. The van der Waals surface area contributed by atoms with E-state index in [1.54, 1.807) is 0 Å². The fraction of sp³-hybridized carbons (Fsp3) is 0.200. The van der Waals surface area contributed by atoms with Crippen LogP contribution in [0.1, 0.15) is 11.1 Å². The van der Waals surface area contributed by atoms with E-state index in [4.69, 9.17) is 11.6 Å². The largest absolute Gasteiger partial charge is 0.495 e. The van der Waals surface area contributed by atoms with Crippen molar-refractivity contribution in [2.45, 2.75) is 6.18 Å². The molecule has 0 saturated carbocycles. The Bertz CT molecular complexity index is 869. The summed E-state index contributed by atoms with van der Waals surface area (Å²) in [7, 11) is 2.24. The van der Waals surface area contributed by atoms with E-state index in [-0.39, 0.29) is 20.7 Å². The number of esters is 1. The number of hydrogen-bond donors (Lipinski definition) is 1. The van der Waals surface area contributed by atoms with Gasteiger partial charge in [-0.1, -0.05) is 11.6 Å². The number of nitrogens with zero attached hydrogens (tertiary/aromatic N) is 2. The highest BCUT2D eigenvalue weighted by molar-refractivity contribution is 8.18. The topological polar surface area (TPSA) is 89.3 Å². The number of alkyl halides is 3. The van der Waals surface area contributed by atoms with Crippen LogP contribution in [0.5, 0.6) is 5.75 Å². The van der Waals surface area contributed by atoms with Crippen LogP contribution in [-0.2, 0) is 20.5 Å². The van der Waals surface area contributed by atoms with E-state index < -0.39 is 29.4 Å². The summed E-state index contributed by atoms with van der Waals surface area (Å²) in [6.45, 7) is 0. The third-order valence-corrected chi connectivity index (χ3v) is 4.21. The first-order valence-electron chi connectivity index (χ1n) is 7.00. The number of carbonyl (C=O) groups excluding carboxylic acids is 2. The van der Waals surface area contributed by atoms with Crippen molar-refractivity contribution in [3.8, 4) is 5.75 Å². The Kier molecular flexibility index (Phi) is 6.50. The van der Waals surface area contributed by atoms with E-state index in [0.717, 1.165) is 44.3 Å². The standard InChI is InChI=1S/C15H11ClF3N3O4S/c1-25-11(23)5-10-13(24)21-14(27-10)22-20-6-7-3-8(15(17,18)19)12(26-2)9(16)4-7/h3-6H,1-2H3,(H,21,22,24)/b10-5+,20-6?. The lowest BCUT2D eigenvalue weighted by molar-refractivity contribution is -0.138. The molecule has 0 aliphatic carbocycles. The molecule has 1 amide bonds. The number of rotatable bonds is 4. The lowest BCUT2D eigenvalue weighted by atomic mass is 10.1. The summed E-state index contributed by atoms with van der Waals surface area (Å²) in [5.41, 5.74) is -1.03. The molecular formula is C15H11ClF3N3O4S. The number of halogens is 4. The Hall–Kier alpha value is -2.53. The number of hydrogen-bond acceptors (Lipinski definition) is 7. The number of thioether (sulfide) groups is 1. The molecule has 1 aromatic rings. The predicted octanol–water partition coefficient (Wildman–Crippen LogP) is 2.98. The van der Waals surface area contributed by atoms with Crippen molar-refractivity contribution in [3.05, 3.63) is 39.3 Å². The van der Waals surface area contributed by atoms with Crippen molar-refractivity contribution >= 4 is 46.6 Å². The molecule has 2 rings (SSSR count). The van der Waals surface area contributed by atoms with Gasteiger partial charge in [0.25, 0.3) is 5.91 Å². The smallest absolute Gasteiger partial charge is 0.420 e. The zero-order valence-corrected chi connectivity index (χ0v) is 15.3. The second-order valence-electron chi connectivity index (χ2n) is 4.82. The Morgan fingerprint density at radius 2 is 2.04 bits per heavy atom. The average molecular weight is 422 g/mol. The Morgan fingerprint density at radius 1 is 1.33 bits per heavy atom. The maximum absolute atomic E-state index is 13.1. The summed E-state index contributed by atoms with van der Waals surface area (Å²) in [6.07, 6.45) is -2.67. The maximum atomic E-state index is 13.1. The monoisotopic (exact) mass is 421 g/mol. The van der Waals surface area contributed by atoms with Crippen molar-refractivity contribution in [1.82, 2.24) is 5.32 Å². The molecule has 0 bridgehead atoms. The first-order chi connectivity index (χ1) is 12.7. The van der Waals surface area contributed by atoms with E-state index in [1.165, 1.54) is 6.07 Å². The van der Waals surface area contributed by atoms with Gasteiger partial charge in [0, 0.05) is 6.08 Å². The van der Waals surface area contributed by atoms with Gasteiger partial charge in [0.05, 0.1) is 35.9 Å². The van der Waals surface area contributed by atoms with E-state index in [2.05, 4.69) is 25.0 Å². The van der Waals surface area contributed by atoms with E-state index in [9.17, 15) is 22.8 Å². The molecular weight excluding hydrogens is 411 g/mol. The zero-order chi connectivity index (χ0) is 20.2. The minimum absolute atomic E-state index is 0.0251. The highest BCUT2D eigenvalue weighted by atomic mass is 35.5. The Morgan fingerprint density at radius 3 is 2.63 bits per heavy atom. The van der Waals surface area contributed by atoms with E-state index in [0.29, 0.717) is 0 Å². The lowest BCUT2D eigenvalue weighted by Gasteiger charge is -2.13. The normalized spacial score (nSPS) is 17.6. The Balaban J connectivity index is 2.23. The van der Waals surface area contributed by atoms with Crippen LogP contribution >= 0.6 is 23.4 Å². The summed E-state index contributed by atoms with van der Waals surface area (Å²) in [4.78, 5) is 22.8. The van der Waals surface area contributed by atoms with Crippen LogP contribution in [0, 0.1) is 0 Å². The van der Waals surface area contributed by atoms with Crippen molar-refractivity contribution in [1.29, 1.82) is 0 Å². The molecule has 1 saturated heterocycles. The van der Waals surface area contributed by atoms with E-state index in [1.807, 2.05) is 0 Å². The molecule has 0 radical (unpaired) electrons. The molecule has 1 aliphatic rings. The summed E-state index contributed by atoms with van der Waals surface area (Å²) in [5.74, 6) is -1.79. The van der Waals surface area contributed by atoms with Gasteiger partial charge in [-0.3, -0.25) is 10.1 Å². The summed E-state index contributed by atoms with van der Waals surface area (Å²) >= 11 is 6.64. The molecule has 0 unspecified atom stereocenters. The van der Waals surface area contributed by atoms with Gasteiger partial charge in [-0.15, -0.1) is 5.10 Å². The number of carbonyl (C=O) groups is 2. The first kappa shape index (κ1) is 20.8. The van der Waals surface area contributed by atoms with Gasteiger partial charge in [0.2, 0.25) is 0 Å². The zero-order valence-electron chi connectivity index (χ0n) is 13.8. The van der Waals surface area contributed by atoms with Crippen molar-refractivity contribution in [3.63, 3.8) is 0 Å². The van der Waals surface area contributed by atoms with Crippen LogP contribution in [0.3, 0.4) is 0 Å². The van der Waals surface area contributed by atoms with Gasteiger partial charge in [-0.05, 0) is 29.5 Å². The molecule has 1 N–H and O–H groups in total. The molecule has 1 fully saturated rings. The van der Waals surface area contributed by atoms with Gasteiger partial charge >= 0.3 is 12.1 Å². The lowest BCUT2D eigenvalue weighted by Crippen LogP contribution is -2.19. The van der Waals surface area contributed by atoms with Crippen LogP contribution in [0.4, 0.5) is 13.2 Å². The predicted molar refractivity (Wildman–Crippen MR) is 93.9 cm³/mol. The molecule has 1 aromatic carbocycles. The number of nitrogens with one attached hydrogen (secondary N) is 1. The first-order valence-corrected chi connectivity index (χ1v) is 8.19. The van der Waals surface area contributed by atoms with Gasteiger partial charge in [0.15, 0.2) is 5.17 Å². The number of amides is 1. The summed E-state index contributed by atoms with van der Waals surface area (Å²) in [5, 5.41) is 9.46. The summed E-state index contributed by atoms with van der Waals surface area (Å²) < 4.78 is 48.3. The fourth-order valence-electron chi connectivity index (χ4n) is 1.90. The van der Waals surface area contributed by atoms with Gasteiger partial charge in [-0.2, -0.15) is 18.3 Å². The average Bonchev–Trinajstić information content (AvgIpc) is 2.93. The van der Waals surface area contributed by atoms with Crippen LogP contribution in [0.25, 0.3) is 0 Å². The van der Waals surface area contributed by atoms with Crippen molar-refractivity contribution in [2.24, 2.45) is 10.2 Å². The number of ether oxygens (including phenoxy) is 2. The molecule has 144 valence electrons. The highest BCUT2D eigenvalue weighted by Gasteiger charge is 2.35. The van der Waals surface area contributed by atoms with E-state index >= 15 is 0 Å². The molecule has 0 aromatic heterocycles. The number of benzene rings is 1. The quantitative estimate of drug-likeness (QED) is 0.349. The molecule has 27 heavy (non-hydrogen) atoms. The maximum Gasteiger partial charge on any atom is 0.420 e. The number of amidine groups is 1. The molecule has 7 nitrogen and oxygen atoms in total.